The molecule has 0 bridgehead atoms. The summed E-state index contributed by atoms with van der Waals surface area (Å²) in [7, 11) is -4.49. The van der Waals surface area contributed by atoms with Crippen LogP contribution in [0.4, 0.5) is 13.2 Å². The first-order chi connectivity index (χ1) is 13.5. The molecule has 5 atom stereocenters. The van der Waals surface area contributed by atoms with E-state index in [1.165, 1.54) is 13.2 Å². The van der Waals surface area contributed by atoms with Gasteiger partial charge in [0.1, 0.15) is 0 Å². The number of hydrogen-bond donors (Lipinski definition) is 1. The van der Waals surface area contributed by atoms with Crippen LogP contribution in [0.2, 0.25) is 0 Å². The van der Waals surface area contributed by atoms with Crippen molar-refractivity contribution >= 4 is 10.1 Å². The number of halogens is 3. The van der Waals surface area contributed by atoms with E-state index in [1.54, 1.807) is 6.07 Å². The molecule has 1 aromatic carbocycles. The number of fused-ring (bicyclic) bond motifs is 5. The molecule has 0 saturated heterocycles. The standard InChI is InChI=1S/C20H25F3O5S/c1-19-8-7-12-13(15(19)5-6-18(19)24)4-3-11-9-17(16(27-2)10-14(11)12)28-29(25,26)20(21,22)23/h9-10,12-13,15,18,24H,3-8H2,1-2H3/t12-,13+,15-,18-,19-/m0/s1. The summed E-state index contributed by atoms with van der Waals surface area (Å²) in [5.41, 5.74) is -3.78. The van der Waals surface area contributed by atoms with Gasteiger partial charge in [0.25, 0.3) is 0 Å². The van der Waals surface area contributed by atoms with Crippen LogP contribution in [0.3, 0.4) is 0 Å². The van der Waals surface area contributed by atoms with Crippen molar-refractivity contribution in [3.63, 3.8) is 0 Å². The van der Waals surface area contributed by atoms with Crippen LogP contribution in [-0.2, 0) is 16.5 Å². The van der Waals surface area contributed by atoms with Gasteiger partial charge >= 0.3 is 15.6 Å². The minimum atomic E-state index is -5.77. The Hall–Kier alpha value is -1.48. The van der Waals surface area contributed by atoms with Crippen molar-refractivity contribution in [3.05, 3.63) is 23.3 Å². The van der Waals surface area contributed by atoms with E-state index in [9.17, 15) is 26.7 Å². The highest BCUT2D eigenvalue weighted by Crippen LogP contribution is 2.61. The number of hydrogen-bond acceptors (Lipinski definition) is 5. The molecule has 5 nitrogen and oxygen atoms in total. The zero-order chi connectivity index (χ0) is 21.2. The number of alkyl halides is 3. The summed E-state index contributed by atoms with van der Waals surface area (Å²) in [6.07, 6.45) is 4.77. The third-order valence-electron chi connectivity index (χ3n) is 7.44. The van der Waals surface area contributed by atoms with Crippen molar-refractivity contribution in [2.24, 2.45) is 17.3 Å². The van der Waals surface area contributed by atoms with Gasteiger partial charge in [0.15, 0.2) is 11.5 Å². The van der Waals surface area contributed by atoms with Crippen LogP contribution in [0.15, 0.2) is 12.1 Å². The van der Waals surface area contributed by atoms with Gasteiger partial charge in [0, 0.05) is 0 Å². The first-order valence-electron chi connectivity index (χ1n) is 9.87. The third-order valence-corrected chi connectivity index (χ3v) is 8.41. The quantitative estimate of drug-likeness (QED) is 0.572. The smallest absolute Gasteiger partial charge is 0.493 e. The van der Waals surface area contributed by atoms with Crippen molar-refractivity contribution in [2.45, 2.75) is 63.0 Å². The van der Waals surface area contributed by atoms with Gasteiger partial charge < -0.3 is 14.0 Å². The molecule has 0 unspecified atom stereocenters. The van der Waals surface area contributed by atoms with E-state index in [4.69, 9.17) is 4.74 Å². The molecule has 1 N–H and O–H groups in total. The molecule has 0 aromatic heterocycles. The average Bonchev–Trinajstić information content (AvgIpc) is 2.94. The number of ether oxygens (including phenoxy) is 1. The van der Waals surface area contributed by atoms with Crippen molar-refractivity contribution in [3.8, 4) is 11.5 Å². The molecular weight excluding hydrogens is 409 g/mol. The number of aryl methyl sites for hydroxylation is 1. The molecule has 4 rings (SSSR count). The lowest BCUT2D eigenvalue weighted by Crippen LogP contribution is -2.43. The van der Waals surface area contributed by atoms with Gasteiger partial charge in [-0.15, -0.1) is 0 Å². The van der Waals surface area contributed by atoms with E-state index in [0.717, 1.165) is 43.2 Å². The molecule has 29 heavy (non-hydrogen) atoms. The van der Waals surface area contributed by atoms with Gasteiger partial charge in [0.05, 0.1) is 13.2 Å². The van der Waals surface area contributed by atoms with Crippen LogP contribution >= 0.6 is 0 Å². The molecule has 1 aromatic rings. The topological polar surface area (TPSA) is 72.8 Å². The summed E-state index contributed by atoms with van der Waals surface area (Å²) in [5.74, 6) is 0.589. The number of benzene rings is 1. The predicted octanol–water partition coefficient (Wildman–Crippen LogP) is 4.14. The third kappa shape index (κ3) is 3.21. The van der Waals surface area contributed by atoms with Crippen LogP contribution in [-0.4, -0.2) is 32.2 Å². The lowest BCUT2D eigenvalue weighted by Gasteiger charge is -2.50. The molecule has 3 aliphatic carbocycles. The fourth-order valence-electron chi connectivity index (χ4n) is 5.94. The highest BCUT2D eigenvalue weighted by Gasteiger charge is 2.54. The van der Waals surface area contributed by atoms with Gasteiger partial charge in [-0.2, -0.15) is 21.6 Å². The molecular formula is C20H25F3O5S. The van der Waals surface area contributed by atoms with Crippen LogP contribution in [0.25, 0.3) is 0 Å². The van der Waals surface area contributed by atoms with Gasteiger partial charge in [0.2, 0.25) is 0 Å². The summed E-state index contributed by atoms with van der Waals surface area (Å²) < 4.78 is 70.7. The second-order valence-corrected chi connectivity index (χ2v) is 10.3. The molecule has 3 aliphatic rings. The summed E-state index contributed by atoms with van der Waals surface area (Å²) in [6, 6.07) is 3.02. The van der Waals surface area contributed by atoms with Gasteiger partial charge in [-0.1, -0.05) is 6.92 Å². The number of rotatable bonds is 3. The first-order valence-corrected chi connectivity index (χ1v) is 11.3. The number of aliphatic hydroxyl groups is 1. The van der Waals surface area contributed by atoms with Crippen molar-refractivity contribution in [2.75, 3.05) is 7.11 Å². The zero-order valence-electron chi connectivity index (χ0n) is 16.3. The molecule has 0 amide bonds. The van der Waals surface area contributed by atoms with Crippen LogP contribution < -0.4 is 8.92 Å². The summed E-state index contributed by atoms with van der Waals surface area (Å²) in [4.78, 5) is 0. The highest BCUT2D eigenvalue weighted by molar-refractivity contribution is 7.88. The molecule has 0 aliphatic heterocycles. The Kier molecular flexibility index (Phi) is 4.85. The maximum atomic E-state index is 12.7. The van der Waals surface area contributed by atoms with E-state index in [1.807, 2.05) is 0 Å². The maximum absolute atomic E-state index is 12.7. The molecule has 0 heterocycles. The van der Waals surface area contributed by atoms with Crippen molar-refractivity contribution in [1.29, 1.82) is 0 Å². The van der Waals surface area contributed by atoms with Crippen molar-refractivity contribution in [1.82, 2.24) is 0 Å². The lowest BCUT2D eigenvalue weighted by molar-refractivity contribution is -0.0500. The first kappa shape index (κ1) is 20.8. The minimum Gasteiger partial charge on any atom is -0.493 e. The monoisotopic (exact) mass is 434 g/mol. The van der Waals surface area contributed by atoms with Crippen LogP contribution in [0.5, 0.6) is 11.5 Å². The SMILES string of the molecule is COc1cc2c(cc1OS(=O)(=O)C(F)(F)F)CC[C@@H]1[C@@H]2CC[C@]2(C)[C@@H](O)CC[C@@H]12. The summed E-state index contributed by atoms with van der Waals surface area (Å²) in [6.45, 7) is 2.17. The molecule has 2 fully saturated rings. The molecule has 9 heteroatoms. The average molecular weight is 434 g/mol. The number of methoxy groups -OCH3 is 1. The Bertz CT molecular complexity index is 913. The maximum Gasteiger partial charge on any atom is 0.534 e. The second-order valence-electron chi connectivity index (χ2n) is 8.74. The summed E-state index contributed by atoms with van der Waals surface area (Å²) >= 11 is 0. The van der Waals surface area contributed by atoms with Gasteiger partial charge in [-0.25, -0.2) is 0 Å². The normalized spacial score (nSPS) is 34.1. The fourth-order valence-corrected chi connectivity index (χ4v) is 6.40. The van der Waals surface area contributed by atoms with Gasteiger partial charge in [-0.3, -0.25) is 0 Å². The van der Waals surface area contributed by atoms with E-state index >= 15 is 0 Å². The molecule has 0 spiro atoms. The largest absolute Gasteiger partial charge is 0.534 e. The highest BCUT2D eigenvalue weighted by atomic mass is 32.2. The Balaban J connectivity index is 1.68. The molecule has 0 radical (unpaired) electrons. The lowest BCUT2D eigenvalue weighted by atomic mass is 9.55. The Morgan fingerprint density at radius 1 is 1.14 bits per heavy atom. The second kappa shape index (κ2) is 6.77. The zero-order valence-corrected chi connectivity index (χ0v) is 17.1. The van der Waals surface area contributed by atoms with Crippen molar-refractivity contribution < 1.29 is 35.6 Å². The van der Waals surface area contributed by atoms with E-state index in [-0.39, 0.29) is 23.2 Å². The van der Waals surface area contributed by atoms with E-state index in [0.29, 0.717) is 18.3 Å². The Morgan fingerprint density at radius 2 is 1.86 bits per heavy atom. The van der Waals surface area contributed by atoms with E-state index < -0.39 is 21.4 Å². The summed E-state index contributed by atoms with van der Waals surface area (Å²) in [5, 5.41) is 10.5. The van der Waals surface area contributed by atoms with Crippen LogP contribution in [0, 0.1) is 17.3 Å². The Morgan fingerprint density at radius 3 is 2.52 bits per heavy atom. The Labute approximate surface area is 168 Å². The van der Waals surface area contributed by atoms with E-state index in [2.05, 4.69) is 11.1 Å². The predicted molar refractivity (Wildman–Crippen MR) is 99.2 cm³/mol. The minimum absolute atomic E-state index is 0.0167. The molecule has 162 valence electrons. The molecule has 2 saturated carbocycles. The van der Waals surface area contributed by atoms with Gasteiger partial charge in [-0.05, 0) is 85.0 Å². The fraction of sp³-hybridized carbons (Fsp3) is 0.700. The number of aliphatic hydroxyl groups excluding tert-OH is 1. The van der Waals surface area contributed by atoms with Crippen LogP contribution in [0.1, 0.15) is 56.1 Å².